The number of rotatable bonds is 3. The van der Waals surface area contributed by atoms with Gasteiger partial charge in [0.2, 0.25) is 0 Å². The second-order valence-corrected chi connectivity index (χ2v) is 6.75. The van der Waals surface area contributed by atoms with Crippen LogP contribution in [0.25, 0.3) is 0 Å². The van der Waals surface area contributed by atoms with Gasteiger partial charge in [-0.15, -0.1) is 0 Å². The van der Waals surface area contributed by atoms with Gasteiger partial charge in [-0.2, -0.15) is 0 Å². The van der Waals surface area contributed by atoms with Gasteiger partial charge in [-0.25, -0.2) is 0 Å². The molecule has 3 heteroatoms. The number of nitrogens with one attached hydrogen (secondary N) is 1. The summed E-state index contributed by atoms with van der Waals surface area (Å²) in [5, 5.41) is 0. The molecule has 0 saturated carbocycles. The number of aromatic nitrogens is 1. The second-order valence-electron chi connectivity index (χ2n) is 6.75. The Bertz CT molecular complexity index is 759. The van der Waals surface area contributed by atoms with Crippen molar-refractivity contribution in [1.82, 2.24) is 4.98 Å². The average molecular weight is 305 g/mol. The molecule has 1 aromatic carbocycles. The number of hydrogen-bond donors (Lipinski definition) is 1. The van der Waals surface area contributed by atoms with Crippen molar-refractivity contribution in [3.8, 4) is 0 Å². The molecule has 23 heavy (non-hydrogen) atoms. The van der Waals surface area contributed by atoms with Crippen LogP contribution in [0.4, 0.5) is 0 Å². The Morgan fingerprint density at radius 1 is 1.04 bits per heavy atom. The Balaban J connectivity index is 1.80. The van der Waals surface area contributed by atoms with Gasteiger partial charge in [0.15, 0.2) is 0 Å². The zero-order chi connectivity index (χ0) is 15.9. The Kier molecular flexibility index (Phi) is 3.44. The van der Waals surface area contributed by atoms with Gasteiger partial charge in [-0.05, 0) is 50.7 Å². The Hall–Kier alpha value is -2.16. The van der Waals surface area contributed by atoms with Crippen LogP contribution in [0.15, 0.2) is 46.4 Å². The van der Waals surface area contributed by atoms with Gasteiger partial charge in [0, 0.05) is 11.3 Å². The van der Waals surface area contributed by atoms with E-state index in [0.717, 1.165) is 35.5 Å². The summed E-state index contributed by atoms with van der Waals surface area (Å²) in [6.07, 6.45) is 5.83. The minimum Gasteiger partial charge on any atom is -0.357 e. The van der Waals surface area contributed by atoms with Crippen molar-refractivity contribution in [3.63, 3.8) is 0 Å². The zero-order valence-corrected chi connectivity index (χ0v) is 13.9. The van der Waals surface area contributed by atoms with E-state index in [9.17, 15) is 0 Å². The summed E-state index contributed by atoms with van der Waals surface area (Å²) < 4.78 is 0. The van der Waals surface area contributed by atoms with E-state index in [2.05, 4.69) is 49.2 Å². The predicted molar refractivity (Wildman–Crippen MR) is 95.6 cm³/mol. The van der Waals surface area contributed by atoms with Crippen LogP contribution in [0.2, 0.25) is 0 Å². The first-order valence-corrected chi connectivity index (χ1v) is 8.65. The van der Waals surface area contributed by atoms with Crippen LogP contribution in [0, 0.1) is 0 Å². The van der Waals surface area contributed by atoms with E-state index in [1.54, 1.807) is 0 Å². The number of fused-ring (bicyclic) bond motifs is 1. The Morgan fingerprint density at radius 2 is 1.78 bits per heavy atom. The highest BCUT2D eigenvalue weighted by Gasteiger charge is 2.32. The number of aliphatic imine (C=N–C) groups is 2. The van der Waals surface area contributed by atoms with Crippen molar-refractivity contribution in [2.45, 2.75) is 51.6 Å². The Labute approximate surface area is 137 Å². The fraction of sp³-hybridized carbons (Fsp3) is 0.400. The number of benzene rings is 1. The van der Waals surface area contributed by atoms with E-state index in [1.165, 1.54) is 30.5 Å². The first kappa shape index (κ1) is 14.4. The first-order valence-electron chi connectivity index (χ1n) is 8.65. The average Bonchev–Trinajstić information content (AvgIpc) is 3.17. The highest BCUT2D eigenvalue weighted by atomic mass is 15.1. The smallest absolute Gasteiger partial charge is 0.148 e. The second kappa shape index (κ2) is 5.48. The molecule has 0 spiro atoms. The number of aryl methyl sites for hydroxylation is 2. The molecule has 3 nitrogen and oxygen atoms in total. The minimum atomic E-state index is -0.341. The lowest BCUT2D eigenvalue weighted by atomic mass is 9.98. The third kappa shape index (κ3) is 2.54. The highest BCUT2D eigenvalue weighted by Crippen LogP contribution is 2.29. The number of H-pyrrole nitrogens is 1. The van der Waals surface area contributed by atoms with Crippen molar-refractivity contribution >= 4 is 11.4 Å². The molecule has 4 rings (SSSR count). The lowest BCUT2D eigenvalue weighted by Crippen LogP contribution is -2.14. The van der Waals surface area contributed by atoms with Crippen molar-refractivity contribution in [3.05, 3.63) is 58.9 Å². The van der Waals surface area contributed by atoms with Crippen LogP contribution in [0.5, 0.6) is 0 Å². The lowest BCUT2D eigenvalue weighted by Gasteiger charge is -2.13. The van der Waals surface area contributed by atoms with Crippen LogP contribution in [-0.2, 0) is 12.8 Å². The van der Waals surface area contributed by atoms with Gasteiger partial charge in [0.1, 0.15) is 11.4 Å². The zero-order valence-electron chi connectivity index (χ0n) is 13.9. The molecule has 1 unspecified atom stereocenters. The number of hydrogen-bond acceptors (Lipinski definition) is 2. The molecule has 0 fully saturated rings. The molecule has 1 aliphatic carbocycles. The van der Waals surface area contributed by atoms with Gasteiger partial charge in [0.05, 0.1) is 11.4 Å². The van der Waals surface area contributed by atoms with Crippen LogP contribution in [0.1, 0.15) is 55.6 Å². The largest absolute Gasteiger partial charge is 0.357 e. The van der Waals surface area contributed by atoms with Gasteiger partial charge in [-0.3, -0.25) is 9.98 Å². The van der Waals surface area contributed by atoms with E-state index >= 15 is 0 Å². The molecule has 1 aliphatic heterocycles. The summed E-state index contributed by atoms with van der Waals surface area (Å²) in [6.45, 7) is 4.27. The summed E-state index contributed by atoms with van der Waals surface area (Å²) in [5.74, 6) is 0. The fourth-order valence-corrected chi connectivity index (χ4v) is 3.49. The monoisotopic (exact) mass is 305 g/mol. The molecule has 0 amide bonds. The standard InChI is InChI=1S/C20H23N3/c1-3-20(2)22-18(14-9-5-4-6-10-14)19(23-20)17-13-15-11-7-8-12-16(15)21-17/h4-6,9-10,13,21H,3,7-8,11-12H2,1-2H3. The summed E-state index contributed by atoms with van der Waals surface area (Å²) in [4.78, 5) is 13.6. The molecule has 1 N–H and O–H groups in total. The molecule has 2 aliphatic rings. The first-order chi connectivity index (χ1) is 11.2. The molecule has 118 valence electrons. The van der Waals surface area contributed by atoms with Gasteiger partial charge in [0.25, 0.3) is 0 Å². The van der Waals surface area contributed by atoms with E-state index in [1.807, 2.05) is 6.07 Å². The molecule has 2 aromatic rings. The predicted octanol–water partition coefficient (Wildman–Crippen LogP) is 4.31. The molecule has 2 heterocycles. The molecule has 1 atom stereocenters. The summed E-state index contributed by atoms with van der Waals surface area (Å²) in [6, 6.07) is 12.7. The summed E-state index contributed by atoms with van der Waals surface area (Å²) >= 11 is 0. The molecule has 0 bridgehead atoms. The third-order valence-electron chi connectivity index (χ3n) is 5.02. The van der Waals surface area contributed by atoms with Gasteiger partial charge in [-0.1, -0.05) is 37.3 Å². The number of aromatic amines is 1. The molecule has 0 saturated heterocycles. The third-order valence-corrected chi connectivity index (χ3v) is 5.02. The van der Waals surface area contributed by atoms with E-state index < -0.39 is 0 Å². The van der Waals surface area contributed by atoms with Crippen molar-refractivity contribution < 1.29 is 0 Å². The van der Waals surface area contributed by atoms with E-state index in [4.69, 9.17) is 9.98 Å². The summed E-state index contributed by atoms with van der Waals surface area (Å²) in [7, 11) is 0. The maximum absolute atomic E-state index is 4.99. The summed E-state index contributed by atoms with van der Waals surface area (Å²) in [5.41, 5.74) is 6.85. The molecule has 1 aromatic heterocycles. The Morgan fingerprint density at radius 3 is 2.52 bits per heavy atom. The maximum atomic E-state index is 4.99. The molecular formula is C20H23N3. The molecular weight excluding hydrogens is 282 g/mol. The highest BCUT2D eigenvalue weighted by molar-refractivity contribution is 6.54. The van der Waals surface area contributed by atoms with Crippen LogP contribution < -0.4 is 0 Å². The normalized spacial score (nSPS) is 23.4. The lowest BCUT2D eigenvalue weighted by molar-refractivity contribution is 0.490. The number of nitrogens with zero attached hydrogens (tertiary/aromatic N) is 2. The van der Waals surface area contributed by atoms with Gasteiger partial charge >= 0.3 is 0 Å². The quantitative estimate of drug-likeness (QED) is 0.878. The SMILES string of the molecule is CCC1(C)N=C(c2ccccc2)C(c2cc3c([nH]2)CCCC3)=N1. The van der Waals surface area contributed by atoms with Crippen molar-refractivity contribution in [2.24, 2.45) is 9.98 Å². The van der Waals surface area contributed by atoms with Gasteiger partial charge < -0.3 is 4.98 Å². The van der Waals surface area contributed by atoms with Crippen LogP contribution in [-0.4, -0.2) is 22.1 Å². The fourth-order valence-electron chi connectivity index (χ4n) is 3.49. The van der Waals surface area contributed by atoms with Crippen LogP contribution in [0.3, 0.4) is 0 Å². The molecule has 0 radical (unpaired) electrons. The maximum Gasteiger partial charge on any atom is 0.148 e. The van der Waals surface area contributed by atoms with Crippen molar-refractivity contribution in [2.75, 3.05) is 0 Å². The van der Waals surface area contributed by atoms with E-state index in [-0.39, 0.29) is 5.66 Å². The topological polar surface area (TPSA) is 40.5 Å². The van der Waals surface area contributed by atoms with E-state index in [0.29, 0.717) is 0 Å². The van der Waals surface area contributed by atoms with Crippen molar-refractivity contribution in [1.29, 1.82) is 0 Å². The minimum absolute atomic E-state index is 0.341. The van der Waals surface area contributed by atoms with Crippen LogP contribution >= 0.6 is 0 Å².